The molecule has 0 amide bonds. The summed E-state index contributed by atoms with van der Waals surface area (Å²) in [5.41, 5.74) is 11.2. The predicted molar refractivity (Wildman–Crippen MR) is 204 cm³/mol. The third kappa shape index (κ3) is 5.30. The van der Waals surface area contributed by atoms with E-state index in [4.69, 9.17) is 9.98 Å². The smallest absolute Gasteiger partial charge is 0.211 e. The minimum absolute atomic E-state index is 0.322. The van der Waals surface area contributed by atoms with E-state index < -0.39 is 0 Å². The number of benzene rings is 7. The van der Waals surface area contributed by atoms with Gasteiger partial charge in [-0.1, -0.05) is 164 Å². The number of nitrogens with zero attached hydrogens (tertiary/aromatic N) is 3. The average molecular weight is 629 g/mol. The van der Waals surface area contributed by atoms with Crippen molar-refractivity contribution in [3.8, 4) is 33.4 Å². The van der Waals surface area contributed by atoms with E-state index in [1.165, 1.54) is 27.5 Å². The first-order valence-corrected chi connectivity index (χ1v) is 16.6. The fourth-order valence-corrected chi connectivity index (χ4v) is 6.88. The molecule has 49 heavy (non-hydrogen) atoms. The summed E-state index contributed by atoms with van der Waals surface area (Å²) in [6.07, 6.45) is -0.322. The first kappa shape index (κ1) is 28.7. The summed E-state index contributed by atoms with van der Waals surface area (Å²) in [5.74, 6) is 1.43. The molecular weight excluding hydrogens is 597 g/mol. The molecule has 8 aromatic rings. The van der Waals surface area contributed by atoms with Gasteiger partial charge in [-0.3, -0.25) is 4.57 Å². The van der Waals surface area contributed by atoms with Gasteiger partial charge in [0, 0.05) is 21.9 Å². The number of hydrogen-bond acceptors (Lipinski definition) is 3. The first-order valence-electron chi connectivity index (χ1n) is 16.6. The third-order valence-corrected chi connectivity index (χ3v) is 9.27. The molecule has 7 aromatic carbocycles. The van der Waals surface area contributed by atoms with E-state index >= 15 is 0 Å². The zero-order valence-electron chi connectivity index (χ0n) is 26.7. The maximum Gasteiger partial charge on any atom is 0.211 e. The second-order valence-electron chi connectivity index (χ2n) is 12.3. The summed E-state index contributed by atoms with van der Waals surface area (Å²) in [6, 6.07) is 64.0. The zero-order chi connectivity index (χ0) is 32.6. The maximum atomic E-state index is 5.31. The summed E-state index contributed by atoms with van der Waals surface area (Å²) >= 11 is 0. The highest BCUT2D eigenvalue weighted by Crippen LogP contribution is 2.40. The topological polar surface area (TPSA) is 41.7 Å². The second kappa shape index (κ2) is 12.3. The van der Waals surface area contributed by atoms with E-state index in [0.29, 0.717) is 5.84 Å². The molecule has 0 saturated carbocycles. The molecule has 0 aliphatic carbocycles. The highest BCUT2D eigenvalue weighted by atomic mass is 15.3. The van der Waals surface area contributed by atoms with E-state index in [-0.39, 0.29) is 6.17 Å². The van der Waals surface area contributed by atoms with Gasteiger partial charge < -0.3 is 5.32 Å². The highest BCUT2D eigenvalue weighted by molar-refractivity contribution is 6.20. The van der Waals surface area contributed by atoms with Gasteiger partial charge in [0.1, 0.15) is 6.17 Å². The monoisotopic (exact) mass is 628 g/mol. The van der Waals surface area contributed by atoms with Crippen molar-refractivity contribution >= 4 is 33.6 Å². The second-order valence-corrected chi connectivity index (χ2v) is 12.3. The van der Waals surface area contributed by atoms with Gasteiger partial charge in [0.05, 0.1) is 11.0 Å². The highest BCUT2D eigenvalue weighted by Gasteiger charge is 2.26. The Morgan fingerprint density at radius 2 is 0.980 bits per heavy atom. The van der Waals surface area contributed by atoms with Crippen LogP contribution in [0.1, 0.15) is 17.3 Å². The van der Waals surface area contributed by atoms with Crippen molar-refractivity contribution in [1.82, 2.24) is 9.88 Å². The van der Waals surface area contributed by atoms with Crippen molar-refractivity contribution < 1.29 is 0 Å². The Morgan fingerprint density at radius 3 is 1.65 bits per heavy atom. The van der Waals surface area contributed by atoms with E-state index in [2.05, 4.69) is 180 Å². The lowest BCUT2D eigenvalue weighted by Crippen LogP contribution is -2.37. The first-order chi connectivity index (χ1) is 24.3. The Balaban J connectivity index is 1.28. The molecule has 0 fully saturated rings. The van der Waals surface area contributed by atoms with Crippen LogP contribution in [0.5, 0.6) is 0 Å². The molecule has 0 radical (unpaired) electrons. The van der Waals surface area contributed by atoms with Crippen molar-refractivity contribution in [2.75, 3.05) is 0 Å². The van der Waals surface area contributed by atoms with Gasteiger partial charge >= 0.3 is 0 Å². The number of para-hydroxylation sites is 1. The standard InChI is InChI=1S/C45H32N4/c1-5-15-31(16-6-1)33-25-27-36(28-26-33)44-46-43(35-21-11-4-12-22-35)47-45(48-44)49-41-24-14-13-23-38(41)40-30-37(32-17-7-2-8-18-32)29-39(42(40)49)34-19-9-3-10-20-34/h1-30,43H,(H,46,47,48). The van der Waals surface area contributed by atoms with Crippen LogP contribution in [0.3, 0.4) is 0 Å². The lowest BCUT2D eigenvalue weighted by molar-refractivity contribution is 0.661. The average Bonchev–Trinajstić information content (AvgIpc) is 3.53. The lowest BCUT2D eigenvalue weighted by atomic mass is 9.95. The summed E-state index contributed by atoms with van der Waals surface area (Å²) in [6.45, 7) is 0. The van der Waals surface area contributed by atoms with Crippen molar-refractivity contribution in [1.29, 1.82) is 0 Å². The Morgan fingerprint density at radius 1 is 0.449 bits per heavy atom. The van der Waals surface area contributed by atoms with Crippen molar-refractivity contribution in [2.45, 2.75) is 6.17 Å². The minimum atomic E-state index is -0.322. The molecule has 4 nitrogen and oxygen atoms in total. The number of fused-ring (bicyclic) bond motifs is 3. The normalized spacial score (nSPS) is 14.3. The molecule has 1 aliphatic rings. The lowest BCUT2D eigenvalue weighted by Gasteiger charge is -2.25. The third-order valence-electron chi connectivity index (χ3n) is 9.27. The number of amidine groups is 1. The number of aromatic nitrogens is 1. The van der Waals surface area contributed by atoms with Crippen molar-refractivity contribution in [3.63, 3.8) is 0 Å². The van der Waals surface area contributed by atoms with Crippen LogP contribution < -0.4 is 5.32 Å². The van der Waals surface area contributed by atoms with E-state index in [0.717, 1.165) is 44.8 Å². The summed E-state index contributed by atoms with van der Waals surface area (Å²) in [4.78, 5) is 10.5. The van der Waals surface area contributed by atoms with Crippen LogP contribution in [0, 0.1) is 0 Å². The van der Waals surface area contributed by atoms with Gasteiger partial charge in [0.2, 0.25) is 5.96 Å². The molecule has 1 N–H and O–H groups in total. The molecule has 0 saturated heterocycles. The van der Waals surface area contributed by atoms with Crippen LogP contribution >= 0.6 is 0 Å². The van der Waals surface area contributed by atoms with Gasteiger partial charge in [-0.05, 0) is 51.6 Å². The molecule has 2 heterocycles. The molecule has 0 bridgehead atoms. The molecule has 232 valence electrons. The number of nitrogens with one attached hydrogen (secondary N) is 1. The van der Waals surface area contributed by atoms with Gasteiger partial charge in [-0.25, -0.2) is 4.99 Å². The predicted octanol–water partition coefficient (Wildman–Crippen LogP) is 10.7. The number of hydrogen-bond donors (Lipinski definition) is 1. The molecule has 1 aromatic heterocycles. The molecule has 1 aliphatic heterocycles. The Kier molecular flexibility index (Phi) is 7.17. The number of aliphatic imine (C=N–C) groups is 2. The molecule has 1 unspecified atom stereocenters. The number of rotatable bonds is 5. The fraction of sp³-hybridized carbons (Fsp3) is 0.0222. The SMILES string of the molecule is c1ccc(-c2ccc(C3=NC(c4ccccc4)NC(n4c5ccccc5c5cc(-c6ccccc6)cc(-c6ccccc6)c54)=N3)cc2)cc1. The van der Waals surface area contributed by atoms with Crippen LogP contribution in [0.15, 0.2) is 192 Å². The molecule has 4 heteroatoms. The molecule has 9 rings (SSSR count). The minimum Gasteiger partial charge on any atom is -0.330 e. The Hall–Kier alpha value is -6.52. The Labute approximate surface area is 285 Å². The van der Waals surface area contributed by atoms with Crippen molar-refractivity contribution in [2.24, 2.45) is 9.98 Å². The summed E-state index contributed by atoms with van der Waals surface area (Å²) < 4.78 is 2.30. The van der Waals surface area contributed by atoms with Crippen LogP contribution in [0.25, 0.3) is 55.2 Å². The van der Waals surface area contributed by atoms with Crippen LogP contribution in [-0.2, 0) is 0 Å². The molecule has 1 atom stereocenters. The summed E-state index contributed by atoms with van der Waals surface area (Å²) in [7, 11) is 0. The quantitative estimate of drug-likeness (QED) is 0.202. The van der Waals surface area contributed by atoms with Gasteiger partial charge in [0.15, 0.2) is 5.84 Å². The van der Waals surface area contributed by atoms with Gasteiger partial charge in [-0.2, -0.15) is 4.99 Å². The summed E-state index contributed by atoms with van der Waals surface area (Å²) in [5, 5.41) is 6.09. The molecular formula is C45H32N4. The largest absolute Gasteiger partial charge is 0.330 e. The van der Waals surface area contributed by atoms with Crippen LogP contribution in [0.2, 0.25) is 0 Å². The van der Waals surface area contributed by atoms with Crippen LogP contribution in [0.4, 0.5) is 0 Å². The van der Waals surface area contributed by atoms with E-state index in [9.17, 15) is 0 Å². The van der Waals surface area contributed by atoms with Crippen molar-refractivity contribution in [3.05, 3.63) is 193 Å². The van der Waals surface area contributed by atoms with E-state index in [1.807, 2.05) is 12.1 Å². The molecule has 0 spiro atoms. The zero-order valence-corrected chi connectivity index (χ0v) is 26.7. The van der Waals surface area contributed by atoms with Gasteiger partial charge in [0.25, 0.3) is 0 Å². The fourth-order valence-electron chi connectivity index (χ4n) is 6.88. The van der Waals surface area contributed by atoms with Crippen LogP contribution in [-0.4, -0.2) is 16.4 Å². The Bertz CT molecular complexity index is 2480. The van der Waals surface area contributed by atoms with Gasteiger partial charge in [-0.15, -0.1) is 0 Å². The maximum absolute atomic E-state index is 5.31. The van der Waals surface area contributed by atoms with E-state index in [1.54, 1.807) is 0 Å².